The highest BCUT2D eigenvalue weighted by Crippen LogP contribution is 2.17. The van der Waals surface area contributed by atoms with Gasteiger partial charge in [0.2, 0.25) is 0 Å². The van der Waals surface area contributed by atoms with E-state index in [1.807, 2.05) is 43.4 Å². The summed E-state index contributed by atoms with van der Waals surface area (Å²) < 4.78 is 10.7. The van der Waals surface area contributed by atoms with E-state index in [0.717, 1.165) is 36.6 Å². The first-order valence-corrected chi connectivity index (χ1v) is 8.86. The molecule has 0 aliphatic rings. The number of methoxy groups -OCH3 is 1. The number of carbonyl (C=O) groups excluding carboxylic acids is 1. The van der Waals surface area contributed by atoms with Crippen molar-refractivity contribution in [1.82, 2.24) is 10.3 Å². The van der Waals surface area contributed by atoms with E-state index >= 15 is 0 Å². The number of aromatic nitrogens is 1. The number of amides is 1. The maximum absolute atomic E-state index is 12.3. The van der Waals surface area contributed by atoms with Crippen LogP contribution < -0.4 is 19.7 Å². The predicted molar refractivity (Wildman–Crippen MR) is 103 cm³/mol. The standard InChI is InChI=1S/C20H27N3O3/c1-4-5-13-23(2)16-10-11-21-19(15-16)20(24)22-12-14-26-18-8-6-17(25-3)7-9-18/h6-11,15H,4-5,12-14H2,1-3H3,(H,22,24). The minimum Gasteiger partial charge on any atom is -0.497 e. The average Bonchev–Trinajstić information content (AvgIpc) is 2.69. The van der Waals surface area contributed by atoms with Crippen molar-refractivity contribution in [1.29, 1.82) is 0 Å². The van der Waals surface area contributed by atoms with Gasteiger partial charge in [-0.05, 0) is 42.8 Å². The predicted octanol–water partition coefficient (Wildman–Crippen LogP) is 3.14. The molecule has 1 aromatic heterocycles. The molecule has 1 N–H and O–H groups in total. The molecule has 0 saturated carbocycles. The van der Waals surface area contributed by atoms with Gasteiger partial charge in [0.1, 0.15) is 23.8 Å². The van der Waals surface area contributed by atoms with Crippen LogP contribution in [0.15, 0.2) is 42.6 Å². The highest BCUT2D eigenvalue weighted by atomic mass is 16.5. The van der Waals surface area contributed by atoms with E-state index < -0.39 is 0 Å². The fourth-order valence-electron chi connectivity index (χ4n) is 2.40. The van der Waals surface area contributed by atoms with Crippen LogP contribution in [0.25, 0.3) is 0 Å². The van der Waals surface area contributed by atoms with Crippen LogP contribution in [0.5, 0.6) is 11.5 Å². The smallest absolute Gasteiger partial charge is 0.270 e. The van der Waals surface area contributed by atoms with Crippen molar-refractivity contribution in [3.63, 3.8) is 0 Å². The Morgan fingerprint density at radius 1 is 1.19 bits per heavy atom. The fourth-order valence-corrected chi connectivity index (χ4v) is 2.40. The summed E-state index contributed by atoms with van der Waals surface area (Å²) >= 11 is 0. The largest absolute Gasteiger partial charge is 0.497 e. The van der Waals surface area contributed by atoms with Gasteiger partial charge in [0, 0.05) is 25.5 Å². The van der Waals surface area contributed by atoms with Crippen LogP contribution in [0.1, 0.15) is 30.3 Å². The van der Waals surface area contributed by atoms with Crippen LogP contribution >= 0.6 is 0 Å². The van der Waals surface area contributed by atoms with Crippen LogP contribution in [-0.2, 0) is 0 Å². The molecule has 26 heavy (non-hydrogen) atoms. The molecule has 0 saturated heterocycles. The molecular weight excluding hydrogens is 330 g/mol. The molecule has 0 unspecified atom stereocenters. The minimum absolute atomic E-state index is 0.200. The second-order valence-electron chi connectivity index (χ2n) is 5.95. The maximum atomic E-state index is 12.3. The Balaban J connectivity index is 1.80. The molecule has 1 aromatic carbocycles. The Morgan fingerprint density at radius 2 is 1.92 bits per heavy atom. The summed E-state index contributed by atoms with van der Waals surface area (Å²) in [5.74, 6) is 1.31. The Morgan fingerprint density at radius 3 is 2.62 bits per heavy atom. The second kappa shape index (κ2) is 10.3. The normalized spacial score (nSPS) is 10.3. The summed E-state index contributed by atoms with van der Waals surface area (Å²) in [5.41, 5.74) is 1.41. The Hall–Kier alpha value is -2.76. The number of hydrogen-bond acceptors (Lipinski definition) is 5. The van der Waals surface area contributed by atoms with Crippen LogP contribution in [0, 0.1) is 0 Å². The lowest BCUT2D eigenvalue weighted by atomic mass is 10.2. The average molecular weight is 357 g/mol. The zero-order valence-corrected chi connectivity index (χ0v) is 15.7. The lowest BCUT2D eigenvalue weighted by molar-refractivity contribution is 0.0942. The van der Waals surface area contributed by atoms with Gasteiger partial charge in [0.15, 0.2) is 0 Å². The zero-order chi connectivity index (χ0) is 18.8. The molecule has 0 spiro atoms. The monoisotopic (exact) mass is 357 g/mol. The van der Waals surface area contributed by atoms with Crippen LogP contribution in [-0.4, -0.2) is 44.7 Å². The minimum atomic E-state index is -0.200. The first kappa shape index (κ1) is 19.6. The van der Waals surface area contributed by atoms with Gasteiger partial charge in [-0.25, -0.2) is 0 Å². The van der Waals surface area contributed by atoms with E-state index in [4.69, 9.17) is 9.47 Å². The molecule has 0 fully saturated rings. The molecule has 0 aliphatic heterocycles. The summed E-state index contributed by atoms with van der Waals surface area (Å²) in [6.45, 7) is 3.90. The van der Waals surface area contributed by atoms with Crippen LogP contribution in [0.4, 0.5) is 5.69 Å². The van der Waals surface area contributed by atoms with Gasteiger partial charge in [-0.3, -0.25) is 9.78 Å². The van der Waals surface area contributed by atoms with Gasteiger partial charge in [-0.1, -0.05) is 13.3 Å². The van der Waals surface area contributed by atoms with E-state index in [1.165, 1.54) is 0 Å². The Kier molecular flexibility index (Phi) is 7.74. The number of rotatable bonds is 10. The summed E-state index contributed by atoms with van der Waals surface area (Å²) in [5, 5.41) is 2.83. The van der Waals surface area contributed by atoms with Crippen molar-refractivity contribution >= 4 is 11.6 Å². The van der Waals surface area contributed by atoms with Crippen LogP contribution in [0.3, 0.4) is 0 Å². The lowest BCUT2D eigenvalue weighted by Gasteiger charge is -2.19. The van der Waals surface area contributed by atoms with Gasteiger partial charge in [0.05, 0.1) is 13.7 Å². The number of nitrogens with one attached hydrogen (secondary N) is 1. The molecule has 6 nitrogen and oxygen atoms in total. The van der Waals surface area contributed by atoms with Gasteiger partial charge < -0.3 is 19.7 Å². The number of benzene rings is 1. The third-order valence-corrected chi connectivity index (χ3v) is 3.98. The molecule has 1 heterocycles. The number of hydrogen-bond donors (Lipinski definition) is 1. The Labute approximate surface area is 155 Å². The molecule has 2 rings (SSSR count). The number of ether oxygens (including phenoxy) is 2. The number of nitrogens with zero attached hydrogens (tertiary/aromatic N) is 2. The van der Waals surface area contributed by atoms with Gasteiger partial charge >= 0.3 is 0 Å². The number of pyridine rings is 1. The molecular formula is C20H27N3O3. The van der Waals surface area contributed by atoms with Gasteiger partial charge in [0.25, 0.3) is 5.91 Å². The fraction of sp³-hybridized carbons (Fsp3) is 0.400. The first-order chi connectivity index (χ1) is 12.6. The summed E-state index contributed by atoms with van der Waals surface area (Å²) in [6.07, 6.45) is 3.92. The number of anilines is 1. The van der Waals surface area contributed by atoms with Gasteiger partial charge in [-0.2, -0.15) is 0 Å². The summed E-state index contributed by atoms with van der Waals surface area (Å²) in [4.78, 5) is 18.6. The topological polar surface area (TPSA) is 63.7 Å². The Bertz CT molecular complexity index is 689. The van der Waals surface area contributed by atoms with Crippen molar-refractivity contribution in [3.05, 3.63) is 48.3 Å². The molecule has 140 valence electrons. The van der Waals surface area contributed by atoms with Crippen molar-refractivity contribution < 1.29 is 14.3 Å². The highest BCUT2D eigenvalue weighted by Gasteiger charge is 2.09. The van der Waals surface area contributed by atoms with E-state index in [0.29, 0.717) is 18.8 Å². The molecule has 0 bridgehead atoms. The van der Waals surface area contributed by atoms with Crippen molar-refractivity contribution in [2.45, 2.75) is 19.8 Å². The third kappa shape index (κ3) is 5.95. The zero-order valence-electron chi connectivity index (χ0n) is 15.7. The van der Waals surface area contributed by atoms with E-state index in [2.05, 4.69) is 22.1 Å². The number of carbonyl (C=O) groups is 1. The van der Waals surface area contributed by atoms with Crippen LogP contribution in [0.2, 0.25) is 0 Å². The SMILES string of the molecule is CCCCN(C)c1ccnc(C(=O)NCCOc2ccc(OC)cc2)c1. The van der Waals surface area contributed by atoms with E-state index in [-0.39, 0.29) is 5.91 Å². The molecule has 0 aliphatic carbocycles. The molecule has 0 atom stereocenters. The molecule has 2 aromatic rings. The van der Waals surface area contributed by atoms with Gasteiger partial charge in [-0.15, -0.1) is 0 Å². The maximum Gasteiger partial charge on any atom is 0.270 e. The van der Waals surface area contributed by atoms with Crippen molar-refractivity contribution in [3.8, 4) is 11.5 Å². The van der Waals surface area contributed by atoms with Crippen molar-refractivity contribution in [2.24, 2.45) is 0 Å². The highest BCUT2D eigenvalue weighted by molar-refractivity contribution is 5.93. The molecule has 6 heteroatoms. The number of unbranched alkanes of at least 4 members (excludes halogenated alkanes) is 1. The van der Waals surface area contributed by atoms with E-state index in [9.17, 15) is 4.79 Å². The third-order valence-electron chi connectivity index (χ3n) is 3.98. The molecule has 1 amide bonds. The second-order valence-corrected chi connectivity index (χ2v) is 5.95. The summed E-state index contributed by atoms with van der Waals surface area (Å²) in [7, 11) is 3.64. The quantitative estimate of drug-likeness (QED) is 0.662. The lowest BCUT2D eigenvalue weighted by Crippen LogP contribution is -2.29. The summed E-state index contributed by atoms with van der Waals surface area (Å²) in [6, 6.07) is 11.1. The molecule has 0 radical (unpaired) electrons. The first-order valence-electron chi connectivity index (χ1n) is 8.86. The van der Waals surface area contributed by atoms with E-state index in [1.54, 1.807) is 13.3 Å². The van der Waals surface area contributed by atoms with Crippen molar-refractivity contribution in [2.75, 3.05) is 38.8 Å².